The van der Waals surface area contributed by atoms with Crippen LogP contribution in [-0.4, -0.2) is 41.9 Å². The smallest absolute Gasteiger partial charge is 0.191 e. The number of benzene rings is 1. The predicted molar refractivity (Wildman–Crippen MR) is 137 cm³/mol. The Morgan fingerprint density at radius 3 is 2.71 bits per heavy atom. The zero-order valence-electron chi connectivity index (χ0n) is 19.5. The molecule has 0 unspecified atom stereocenters. The molecule has 0 atom stereocenters. The minimum absolute atomic E-state index is 0. The van der Waals surface area contributed by atoms with Gasteiger partial charge in [-0.05, 0) is 38.3 Å². The van der Waals surface area contributed by atoms with E-state index >= 15 is 0 Å². The molecule has 1 aromatic carbocycles. The second-order valence-corrected chi connectivity index (χ2v) is 7.59. The van der Waals surface area contributed by atoms with Crippen molar-refractivity contribution >= 4 is 29.9 Å². The Kier molecular flexibility index (Phi) is 13.2. The number of nitrogens with zero attached hydrogens (tertiary/aromatic N) is 3. The minimum Gasteiger partial charge on any atom is -0.491 e. The van der Waals surface area contributed by atoms with Gasteiger partial charge in [0.15, 0.2) is 5.96 Å². The second kappa shape index (κ2) is 15.1. The van der Waals surface area contributed by atoms with E-state index in [-0.39, 0.29) is 24.0 Å². The summed E-state index contributed by atoms with van der Waals surface area (Å²) < 4.78 is 13.5. The van der Waals surface area contributed by atoms with Crippen LogP contribution >= 0.6 is 24.0 Å². The molecule has 1 aromatic heterocycles. The molecule has 0 aliphatic carbocycles. The summed E-state index contributed by atoms with van der Waals surface area (Å²) in [6, 6.07) is 6.22. The molecule has 0 aliphatic rings. The first-order valence-corrected chi connectivity index (χ1v) is 10.9. The Morgan fingerprint density at radius 2 is 2.00 bits per heavy atom. The quantitative estimate of drug-likeness (QED) is 0.182. The van der Waals surface area contributed by atoms with E-state index in [4.69, 9.17) is 14.5 Å². The van der Waals surface area contributed by atoms with Gasteiger partial charge in [0.05, 0.1) is 19.7 Å². The summed E-state index contributed by atoms with van der Waals surface area (Å²) in [7, 11) is 0. The molecule has 0 amide bonds. The van der Waals surface area contributed by atoms with Gasteiger partial charge in [-0.15, -0.1) is 24.0 Å². The van der Waals surface area contributed by atoms with Crippen LogP contribution < -0.4 is 15.4 Å². The zero-order chi connectivity index (χ0) is 21.8. The maximum absolute atomic E-state index is 5.94. The molecule has 31 heavy (non-hydrogen) atoms. The van der Waals surface area contributed by atoms with Gasteiger partial charge in [-0.25, -0.2) is 9.98 Å². The number of imidazole rings is 1. The van der Waals surface area contributed by atoms with Gasteiger partial charge in [0.25, 0.3) is 0 Å². The standard InChI is InChI=1S/C23H37N5O2.HI/c1-6-24-23(27-16-22-25-10-11-28(22)17-18(3)4)26-15-20-9-8-19(5)14-21(20)30-13-12-29-7-2;/h8-11,14,18H,6-7,12-13,15-17H2,1-5H3,(H2,24,26,27);1H. The summed E-state index contributed by atoms with van der Waals surface area (Å²) in [5.74, 6) is 3.20. The SMILES string of the molecule is CCNC(=NCc1ccc(C)cc1OCCOCC)NCc1nccn1CC(C)C.I. The maximum Gasteiger partial charge on any atom is 0.191 e. The van der Waals surface area contributed by atoms with Gasteiger partial charge in [-0.2, -0.15) is 0 Å². The van der Waals surface area contributed by atoms with Crippen LogP contribution in [0.2, 0.25) is 0 Å². The Hall–Kier alpha value is -1.81. The van der Waals surface area contributed by atoms with Gasteiger partial charge < -0.3 is 24.7 Å². The van der Waals surface area contributed by atoms with Gasteiger partial charge in [0.2, 0.25) is 0 Å². The van der Waals surface area contributed by atoms with E-state index in [0.29, 0.717) is 38.8 Å². The molecular formula is C23H38IN5O2. The lowest BCUT2D eigenvalue weighted by atomic mass is 10.1. The highest BCUT2D eigenvalue weighted by molar-refractivity contribution is 14.0. The third-order valence-electron chi connectivity index (χ3n) is 4.44. The summed E-state index contributed by atoms with van der Waals surface area (Å²) in [4.78, 5) is 9.23. The third kappa shape index (κ3) is 9.90. The molecule has 2 N–H and O–H groups in total. The van der Waals surface area contributed by atoms with Crippen LogP contribution in [0.4, 0.5) is 0 Å². The van der Waals surface area contributed by atoms with Crippen LogP contribution in [0.5, 0.6) is 5.75 Å². The zero-order valence-corrected chi connectivity index (χ0v) is 21.8. The van der Waals surface area contributed by atoms with E-state index in [1.54, 1.807) is 0 Å². The highest BCUT2D eigenvalue weighted by atomic mass is 127. The molecule has 0 fully saturated rings. The lowest BCUT2D eigenvalue weighted by molar-refractivity contribution is 0.110. The molecule has 2 rings (SSSR count). The number of nitrogens with one attached hydrogen (secondary N) is 2. The van der Waals surface area contributed by atoms with E-state index in [2.05, 4.69) is 66.1 Å². The molecule has 0 aliphatic heterocycles. The number of rotatable bonds is 12. The van der Waals surface area contributed by atoms with E-state index in [9.17, 15) is 0 Å². The van der Waals surface area contributed by atoms with Crippen molar-refractivity contribution in [2.24, 2.45) is 10.9 Å². The van der Waals surface area contributed by atoms with Crippen LogP contribution in [0.1, 0.15) is 44.6 Å². The molecule has 8 heteroatoms. The molecular weight excluding hydrogens is 505 g/mol. The average Bonchev–Trinajstić information content (AvgIpc) is 3.14. The number of ether oxygens (including phenoxy) is 2. The van der Waals surface area contributed by atoms with Crippen molar-refractivity contribution in [2.45, 2.75) is 54.3 Å². The third-order valence-corrected chi connectivity index (χ3v) is 4.44. The Bertz CT molecular complexity index is 792. The molecule has 2 aromatic rings. The Morgan fingerprint density at radius 1 is 1.19 bits per heavy atom. The van der Waals surface area contributed by atoms with Crippen LogP contribution in [-0.2, 0) is 24.4 Å². The van der Waals surface area contributed by atoms with Crippen molar-refractivity contribution in [1.29, 1.82) is 0 Å². The van der Waals surface area contributed by atoms with Crippen LogP contribution in [0, 0.1) is 12.8 Å². The molecule has 0 saturated carbocycles. The molecule has 0 radical (unpaired) electrons. The van der Waals surface area contributed by atoms with Gasteiger partial charge in [0, 0.05) is 37.7 Å². The number of guanidine groups is 1. The molecule has 174 valence electrons. The topological polar surface area (TPSA) is 72.7 Å². The van der Waals surface area contributed by atoms with Crippen molar-refractivity contribution in [3.63, 3.8) is 0 Å². The molecule has 0 saturated heterocycles. The largest absolute Gasteiger partial charge is 0.491 e. The first-order chi connectivity index (χ1) is 14.5. The second-order valence-electron chi connectivity index (χ2n) is 7.59. The van der Waals surface area contributed by atoms with Gasteiger partial charge in [0.1, 0.15) is 18.2 Å². The van der Waals surface area contributed by atoms with Crippen molar-refractivity contribution in [2.75, 3.05) is 26.4 Å². The Balaban J connectivity index is 0.00000480. The van der Waals surface area contributed by atoms with Crippen LogP contribution in [0.15, 0.2) is 35.6 Å². The summed E-state index contributed by atoms with van der Waals surface area (Å²) in [6.07, 6.45) is 3.88. The Labute approximate surface area is 204 Å². The summed E-state index contributed by atoms with van der Waals surface area (Å²) in [5, 5.41) is 6.70. The first-order valence-electron chi connectivity index (χ1n) is 10.9. The minimum atomic E-state index is 0. The average molecular weight is 543 g/mol. The van der Waals surface area contributed by atoms with E-state index in [1.165, 1.54) is 0 Å². The molecule has 1 heterocycles. The number of aryl methyl sites for hydroxylation is 1. The van der Waals surface area contributed by atoms with Crippen molar-refractivity contribution in [1.82, 2.24) is 20.2 Å². The van der Waals surface area contributed by atoms with Crippen LogP contribution in [0.25, 0.3) is 0 Å². The highest BCUT2D eigenvalue weighted by Gasteiger charge is 2.08. The van der Waals surface area contributed by atoms with E-state index in [0.717, 1.165) is 41.7 Å². The lowest BCUT2D eigenvalue weighted by Gasteiger charge is -2.15. The van der Waals surface area contributed by atoms with Crippen molar-refractivity contribution < 1.29 is 9.47 Å². The normalized spacial score (nSPS) is 11.4. The summed E-state index contributed by atoms with van der Waals surface area (Å²) in [6.45, 7) is 15.2. The molecule has 7 nitrogen and oxygen atoms in total. The summed E-state index contributed by atoms with van der Waals surface area (Å²) in [5.41, 5.74) is 2.21. The summed E-state index contributed by atoms with van der Waals surface area (Å²) >= 11 is 0. The number of hydrogen-bond acceptors (Lipinski definition) is 4. The van der Waals surface area contributed by atoms with Gasteiger partial charge in [-0.1, -0.05) is 26.0 Å². The fraction of sp³-hybridized carbons (Fsp3) is 0.565. The van der Waals surface area contributed by atoms with E-state index < -0.39 is 0 Å². The van der Waals surface area contributed by atoms with Crippen molar-refractivity contribution in [3.05, 3.63) is 47.5 Å². The number of halogens is 1. The molecule has 0 spiro atoms. The predicted octanol–water partition coefficient (Wildman–Crippen LogP) is 4.14. The first kappa shape index (κ1) is 27.2. The molecule has 0 bridgehead atoms. The van der Waals surface area contributed by atoms with E-state index in [1.807, 2.05) is 19.3 Å². The van der Waals surface area contributed by atoms with Crippen LogP contribution in [0.3, 0.4) is 0 Å². The fourth-order valence-electron chi connectivity index (χ4n) is 3.02. The highest BCUT2D eigenvalue weighted by Crippen LogP contribution is 2.21. The number of aliphatic imine (C=N–C) groups is 1. The van der Waals surface area contributed by atoms with Crippen molar-refractivity contribution in [3.8, 4) is 5.75 Å². The van der Waals surface area contributed by atoms with Gasteiger partial charge >= 0.3 is 0 Å². The van der Waals surface area contributed by atoms with Gasteiger partial charge in [-0.3, -0.25) is 0 Å². The fourth-order valence-corrected chi connectivity index (χ4v) is 3.02. The number of aromatic nitrogens is 2. The monoisotopic (exact) mass is 543 g/mol. The lowest BCUT2D eigenvalue weighted by Crippen LogP contribution is -2.37. The number of hydrogen-bond donors (Lipinski definition) is 2. The maximum atomic E-state index is 5.94.